The summed E-state index contributed by atoms with van der Waals surface area (Å²) in [6, 6.07) is 8.77. The Labute approximate surface area is 109 Å². The minimum atomic E-state index is 0.438. The molecule has 0 amide bonds. The van der Waals surface area contributed by atoms with Crippen LogP contribution in [0.15, 0.2) is 24.3 Å². The van der Waals surface area contributed by atoms with E-state index in [-0.39, 0.29) is 0 Å². The van der Waals surface area contributed by atoms with E-state index in [2.05, 4.69) is 17.4 Å². The molecule has 1 aromatic carbocycles. The lowest BCUT2D eigenvalue weighted by Crippen LogP contribution is -2.31. The largest absolute Gasteiger partial charge is 0.497 e. The second-order valence-electron chi connectivity index (χ2n) is 4.91. The van der Waals surface area contributed by atoms with Crippen molar-refractivity contribution in [1.82, 2.24) is 5.32 Å². The van der Waals surface area contributed by atoms with Crippen molar-refractivity contribution in [2.24, 2.45) is 0 Å². The molecule has 0 saturated carbocycles. The smallest absolute Gasteiger partial charge is 0.119 e. The summed E-state index contributed by atoms with van der Waals surface area (Å²) in [7, 11) is 3.74. The Kier molecular flexibility index (Phi) is 5.02. The molecule has 1 N–H and O–H groups in total. The zero-order chi connectivity index (χ0) is 12.8. The maximum atomic E-state index is 5.70. The molecule has 1 saturated heterocycles. The third kappa shape index (κ3) is 3.72. The summed E-state index contributed by atoms with van der Waals surface area (Å²) in [6.07, 6.45) is 4.96. The van der Waals surface area contributed by atoms with Gasteiger partial charge < -0.3 is 14.8 Å². The average Bonchev–Trinajstić information content (AvgIpc) is 2.91. The number of methoxy groups -OCH3 is 1. The van der Waals surface area contributed by atoms with Crippen LogP contribution in [0.5, 0.6) is 5.75 Å². The van der Waals surface area contributed by atoms with Gasteiger partial charge in [0.05, 0.1) is 13.2 Å². The highest BCUT2D eigenvalue weighted by Gasteiger charge is 2.20. The molecular formula is C15H23NO2. The number of hydrogen-bond acceptors (Lipinski definition) is 3. The summed E-state index contributed by atoms with van der Waals surface area (Å²) >= 11 is 0. The van der Waals surface area contributed by atoms with E-state index in [0.29, 0.717) is 12.1 Å². The maximum Gasteiger partial charge on any atom is 0.119 e. The van der Waals surface area contributed by atoms with Crippen LogP contribution in [0, 0.1) is 0 Å². The van der Waals surface area contributed by atoms with Gasteiger partial charge in [-0.2, -0.15) is 0 Å². The van der Waals surface area contributed by atoms with E-state index in [9.17, 15) is 0 Å². The quantitative estimate of drug-likeness (QED) is 0.839. The highest BCUT2D eigenvalue weighted by molar-refractivity contribution is 5.28. The zero-order valence-corrected chi connectivity index (χ0v) is 11.3. The van der Waals surface area contributed by atoms with Gasteiger partial charge in [-0.05, 0) is 50.4 Å². The molecule has 18 heavy (non-hydrogen) atoms. The van der Waals surface area contributed by atoms with Gasteiger partial charge in [0.25, 0.3) is 0 Å². The summed E-state index contributed by atoms with van der Waals surface area (Å²) in [4.78, 5) is 0. The summed E-state index contributed by atoms with van der Waals surface area (Å²) in [5.74, 6) is 0.930. The van der Waals surface area contributed by atoms with E-state index < -0.39 is 0 Å². The van der Waals surface area contributed by atoms with Gasteiger partial charge >= 0.3 is 0 Å². The van der Waals surface area contributed by atoms with Crippen molar-refractivity contribution in [3.05, 3.63) is 29.8 Å². The molecule has 2 unspecified atom stereocenters. The molecule has 0 bridgehead atoms. The first-order valence-electron chi connectivity index (χ1n) is 6.73. The van der Waals surface area contributed by atoms with Gasteiger partial charge in [-0.15, -0.1) is 0 Å². The van der Waals surface area contributed by atoms with Gasteiger partial charge in [0.1, 0.15) is 5.75 Å². The van der Waals surface area contributed by atoms with Crippen LogP contribution in [-0.2, 0) is 11.2 Å². The van der Waals surface area contributed by atoms with Crippen LogP contribution in [0.1, 0.15) is 24.8 Å². The fourth-order valence-electron chi connectivity index (χ4n) is 2.53. The third-order valence-electron chi connectivity index (χ3n) is 3.60. The molecule has 0 radical (unpaired) electrons. The van der Waals surface area contributed by atoms with Crippen molar-refractivity contribution in [3.63, 3.8) is 0 Å². The molecule has 3 nitrogen and oxygen atoms in total. The Morgan fingerprint density at radius 1 is 1.50 bits per heavy atom. The zero-order valence-electron chi connectivity index (χ0n) is 11.3. The van der Waals surface area contributed by atoms with Crippen molar-refractivity contribution in [3.8, 4) is 5.75 Å². The van der Waals surface area contributed by atoms with Gasteiger partial charge in [-0.3, -0.25) is 0 Å². The number of rotatable bonds is 6. The minimum absolute atomic E-state index is 0.438. The van der Waals surface area contributed by atoms with Gasteiger partial charge in [0.2, 0.25) is 0 Å². The van der Waals surface area contributed by atoms with E-state index in [4.69, 9.17) is 9.47 Å². The van der Waals surface area contributed by atoms with Crippen molar-refractivity contribution < 1.29 is 9.47 Å². The monoisotopic (exact) mass is 249 g/mol. The minimum Gasteiger partial charge on any atom is -0.497 e. The Balaban J connectivity index is 1.91. The number of benzene rings is 1. The molecule has 3 heteroatoms. The lowest BCUT2D eigenvalue weighted by atomic mass is 9.99. The van der Waals surface area contributed by atoms with Crippen molar-refractivity contribution >= 4 is 0 Å². The first-order chi connectivity index (χ1) is 8.81. The Hall–Kier alpha value is -1.06. The fourth-order valence-corrected chi connectivity index (χ4v) is 2.53. The predicted octanol–water partition coefficient (Wildman–Crippen LogP) is 2.39. The number of hydrogen-bond donors (Lipinski definition) is 1. The molecule has 100 valence electrons. The van der Waals surface area contributed by atoms with Crippen LogP contribution < -0.4 is 10.1 Å². The van der Waals surface area contributed by atoms with Crippen molar-refractivity contribution in [2.75, 3.05) is 20.8 Å². The van der Waals surface area contributed by atoms with Gasteiger partial charge in [-0.25, -0.2) is 0 Å². The van der Waals surface area contributed by atoms with Gasteiger partial charge in [0.15, 0.2) is 0 Å². The first-order valence-corrected chi connectivity index (χ1v) is 6.73. The Morgan fingerprint density at radius 3 is 3.06 bits per heavy atom. The van der Waals surface area contributed by atoms with Crippen molar-refractivity contribution in [2.45, 2.75) is 37.8 Å². The highest BCUT2D eigenvalue weighted by atomic mass is 16.5. The molecule has 0 aliphatic carbocycles. The third-order valence-corrected chi connectivity index (χ3v) is 3.60. The normalized spacial score (nSPS) is 20.9. The Morgan fingerprint density at radius 2 is 2.39 bits per heavy atom. The predicted molar refractivity (Wildman–Crippen MR) is 73.1 cm³/mol. The van der Waals surface area contributed by atoms with Crippen molar-refractivity contribution in [1.29, 1.82) is 0 Å². The van der Waals surface area contributed by atoms with Crippen LogP contribution >= 0.6 is 0 Å². The number of nitrogens with one attached hydrogen (secondary N) is 1. The molecule has 1 heterocycles. The SMILES string of the molecule is CNC(Cc1cccc(OC)c1)CC1CCCO1. The highest BCUT2D eigenvalue weighted by Crippen LogP contribution is 2.20. The van der Waals surface area contributed by atoms with E-state index in [1.165, 1.54) is 18.4 Å². The maximum absolute atomic E-state index is 5.70. The molecule has 1 aliphatic heterocycles. The molecule has 2 atom stereocenters. The average molecular weight is 249 g/mol. The summed E-state index contributed by atoms with van der Waals surface area (Å²) in [5.41, 5.74) is 1.31. The van der Waals surface area contributed by atoms with E-state index in [0.717, 1.165) is 25.2 Å². The van der Waals surface area contributed by atoms with Gasteiger partial charge in [0, 0.05) is 12.6 Å². The Bertz CT molecular complexity index is 361. The topological polar surface area (TPSA) is 30.5 Å². The van der Waals surface area contributed by atoms with E-state index in [1.54, 1.807) is 7.11 Å². The summed E-state index contributed by atoms with van der Waals surface area (Å²) < 4.78 is 11.0. The lowest BCUT2D eigenvalue weighted by Gasteiger charge is -2.20. The molecule has 2 rings (SSSR count). The lowest BCUT2D eigenvalue weighted by molar-refractivity contribution is 0.0954. The van der Waals surface area contributed by atoms with Gasteiger partial charge in [-0.1, -0.05) is 12.1 Å². The molecule has 1 fully saturated rings. The molecule has 0 spiro atoms. The standard InChI is InChI=1S/C15H23NO2/c1-16-13(11-15-7-4-8-18-15)9-12-5-3-6-14(10-12)17-2/h3,5-6,10,13,15-16H,4,7-9,11H2,1-2H3. The molecular weight excluding hydrogens is 226 g/mol. The summed E-state index contributed by atoms with van der Waals surface area (Å²) in [6.45, 7) is 0.931. The second-order valence-corrected chi connectivity index (χ2v) is 4.91. The second kappa shape index (κ2) is 6.76. The fraction of sp³-hybridized carbons (Fsp3) is 0.600. The van der Waals surface area contributed by atoms with E-state index >= 15 is 0 Å². The number of likely N-dealkylation sites (N-methyl/N-ethyl adjacent to an activating group) is 1. The van der Waals surface area contributed by atoms with Crippen LogP contribution in [0.4, 0.5) is 0 Å². The molecule has 1 aliphatic rings. The van der Waals surface area contributed by atoms with Crippen LogP contribution in [0.25, 0.3) is 0 Å². The van der Waals surface area contributed by atoms with Crippen LogP contribution in [0.2, 0.25) is 0 Å². The summed E-state index contributed by atoms with van der Waals surface area (Å²) in [5, 5.41) is 3.39. The molecule has 1 aromatic rings. The van der Waals surface area contributed by atoms with Crippen LogP contribution in [-0.4, -0.2) is 32.9 Å². The number of ether oxygens (including phenoxy) is 2. The molecule has 0 aromatic heterocycles. The van der Waals surface area contributed by atoms with E-state index in [1.807, 2.05) is 19.2 Å². The first kappa shape index (κ1) is 13.4. The van der Waals surface area contributed by atoms with Crippen LogP contribution in [0.3, 0.4) is 0 Å².